The third-order valence-corrected chi connectivity index (χ3v) is 5.05. The minimum absolute atomic E-state index is 0.198. The van der Waals surface area contributed by atoms with Gasteiger partial charge in [0.15, 0.2) is 5.65 Å². The standard InChI is InChI=1S/C21H23N5O2/c1-13-11-16(18-19(23-13)26-10-5-3-4-9-17(26)25-18)21(28)24-15-8-6-7-14(12-15)20(27)22-2/h6-8,11-12H,3-5,9-10H2,1-2H3,(H,22,27)(H,24,28). The maximum Gasteiger partial charge on any atom is 0.258 e. The number of nitrogens with one attached hydrogen (secondary N) is 2. The van der Waals surface area contributed by atoms with Crippen LogP contribution in [0.1, 0.15) is 51.5 Å². The van der Waals surface area contributed by atoms with Gasteiger partial charge in [-0.05, 0) is 44.0 Å². The molecule has 0 aliphatic carbocycles. The van der Waals surface area contributed by atoms with Gasteiger partial charge in [-0.3, -0.25) is 9.59 Å². The third kappa shape index (κ3) is 3.35. The van der Waals surface area contributed by atoms with Crippen LogP contribution in [-0.2, 0) is 13.0 Å². The lowest BCUT2D eigenvalue weighted by atomic mass is 10.1. The molecule has 28 heavy (non-hydrogen) atoms. The second-order valence-corrected chi connectivity index (χ2v) is 7.09. The largest absolute Gasteiger partial charge is 0.355 e. The van der Waals surface area contributed by atoms with Gasteiger partial charge in [0.2, 0.25) is 0 Å². The second kappa shape index (κ2) is 7.42. The van der Waals surface area contributed by atoms with E-state index >= 15 is 0 Å². The first-order valence-corrected chi connectivity index (χ1v) is 9.57. The maximum absolute atomic E-state index is 13.0. The fourth-order valence-corrected chi connectivity index (χ4v) is 3.67. The van der Waals surface area contributed by atoms with Crippen LogP contribution >= 0.6 is 0 Å². The van der Waals surface area contributed by atoms with Crippen LogP contribution in [-0.4, -0.2) is 33.4 Å². The number of anilines is 1. The number of fused-ring (bicyclic) bond motifs is 3. The molecule has 0 saturated carbocycles. The van der Waals surface area contributed by atoms with E-state index in [1.165, 1.54) is 6.42 Å². The number of benzene rings is 1. The predicted octanol–water partition coefficient (Wildman–Crippen LogP) is 3.08. The van der Waals surface area contributed by atoms with E-state index in [4.69, 9.17) is 4.98 Å². The van der Waals surface area contributed by atoms with Gasteiger partial charge in [-0.15, -0.1) is 0 Å². The second-order valence-electron chi connectivity index (χ2n) is 7.09. The van der Waals surface area contributed by atoms with E-state index in [0.717, 1.165) is 43.0 Å². The van der Waals surface area contributed by atoms with Gasteiger partial charge in [0.1, 0.15) is 11.3 Å². The lowest BCUT2D eigenvalue weighted by molar-refractivity contribution is 0.0961. The van der Waals surface area contributed by atoms with Crippen molar-refractivity contribution in [3.05, 3.63) is 53.0 Å². The summed E-state index contributed by atoms with van der Waals surface area (Å²) >= 11 is 0. The highest BCUT2D eigenvalue weighted by Gasteiger charge is 2.21. The first-order chi connectivity index (χ1) is 13.6. The molecule has 3 aromatic rings. The molecule has 144 valence electrons. The molecule has 1 aliphatic heterocycles. The van der Waals surface area contributed by atoms with Crippen LogP contribution in [0, 0.1) is 6.92 Å². The predicted molar refractivity (Wildman–Crippen MR) is 108 cm³/mol. The van der Waals surface area contributed by atoms with Crippen molar-refractivity contribution >= 4 is 28.7 Å². The van der Waals surface area contributed by atoms with Crippen molar-refractivity contribution < 1.29 is 9.59 Å². The Bertz CT molecular complexity index is 1070. The number of aromatic nitrogens is 3. The summed E-state index contributed by atoms with van der Waals surface area (Å²) in [5, 5.41) is 5.48. The Balaban J connectivity index is 1.71. The van der Waals surface area contributed by atoms with Crippen molar-refractivity contribution in [2.24, 2.45) is 0 Å². The number of carbonyl (C=O) groups excluding carboxylic acids is 2. The van der Waals surface area contributed by atoms with E-state index in [2.05, 4.69) is 20.2 Å². The van der Waals surface area contributed by atoms with E-state index in [0.29, 0.717) is 22.3 Å². The first-order valence-electron chi connectivity index (χ1n) is 9.57. The van der Waals surface area contributed by atoms with Crippen molar-refractivity contribution in [2.45, 2.75) is 39.2 Å². The van der Waals surface area contributed by atoms with Gasteiger partial charge in [0.25, 0.3) is 11.8 Å². The molecule has 1 aromatic carbocycles. The number of carbonyl (C=O) groups is 2. The highest BCUT2D eigenvalue weighted by molar-refractivity contribution is 6.11. The lowest BCUT2D eigenvalue weighted by Crippen LogP contribution is -2.18. The van der Waals surface area contributed by atoms with Gasteiger partial charge >= 0.3 is 0 Å². The van der Waals surface area contributed by atoms with E-state index < -0.39 is 0 Å². The molecule has 0 bridgehead atoms. The highest BCUT2D eigenvalue weighted by atomic mass is 16.2. The molecule has 4 rings (SSSR count). The molecule has 2 aromatic heterocycles. The van der Waals surface area contributed by atoms with E-state index in [-0.39, 0.29) is 11.8 Å². The first kappa shape index (κ1) is 18.2. The number of hydrogen-bond donors (Lipinski definition) is 2. The summed E-state index contributed by atoms with van der Waals surface area (Å²) in [6.45, 7) is 2.77. The molecule has 1 aliphatic rings. The average molecular weight is 377 g/mol. The van der Waals surface area contributed by atoms with Crippen LogP contribution < -0.4 is 10.6 Å². The Morgan fingerprint density at radius 1 is 1.07 bits per heavy atom. The topological polar surface area (TPSA) is 88.9 Å². The minimum Gasteiger partial charge on any atom is -0.355 e. The zero-order valence-corrected chi connectivity index (χ0v) is 16.1. The normalized spacial score (nSPS) is 13.6. The number of aryl methyl sites for hydroxylation is 3. The molecule has 0 fully saturated rings. The van der Waals surface area contributed by atoms with E-state index in [9.17, 15) is 9.59 Å². The monoisotopic (exact) mass is 377 g/mol. The van der Waals surface area contributed by atoms with Gasteiger partial charge in [-0.2, -0.15) is 0 Å². The molecule has 7 nitrogen and oxygen atoms in total. The number of rotatable bonds is 3. The number of hydrogen-bond acceptors (Lipinski definition) is 4. The van der Waals surface area contributed by atoms with Crippen LogP contribution in [0.15, 0.2) is 30.3 Å². The van der Waals surface area contributed by atoms with Crippen LogP contribution in [0.25, 0.3) is 11.2 Å². The molecular weight excluding hydrogens is 354 g/mol. The summed E-state index contributed by atoms with van der Waals surface area (Å²) in [6, 6.07) is 8.64. The molecule has 0 atom stereocenters. The lowest BCUT2D eigenvalue weighted by Gasteiger charge is -2.09. The smallest absolute Gasteiger partial charge is 0.258 e. The van der Waals surface area contributed by atoms with Crippen LogP contribution in [0.2, 0.25) is 0 Å². The summed E-state index contributed by atoms with van der Waals surface area (Å²) in [4.78, 5) is 34.3. The zero-order valence-electron chi connectivity index (χ0n) is 16.1. The quantitative estimate of drug-likeness (QED) is 0.734. The summed E-state index contributed by atoms with van der Waals surface area (Å²) in [5.41, 5.74) is 3.76. The summed E-state index contributed by atoms with van der Waals surface area (Å²) in [7, 11) is 1.58. The van der Waals surface area contributed by atoms with Gasteiger partial charge in [0.05, 0.1) is 5.56 Å². The number of amides is 2. The van der Waals surface area contributed by atoms with E-state index in [1.807, 2.05) is 6.92 Å². The Morgan fingerprint density at radius 3 is 2.75 bits per heavy atom. The Morgan fingerprint density at radius 2 is 1.93 bits per heavy atom. The van der Waals surface area contributed by atoms with Crippen LogP contribution in [0.4, 0.5) is 5.69 Å². The van der Waals surface area contributed by atoms with Crippen molar-refractivity contribution in [3.63, 3.8) is 0 Å². The van der Waals surface area contributed by atoms with E-state index in [1.54, 1.807) is 37.4 Å². The highest BCUT2D eigenvalue weighted by Crippen LogP contribution is 2.24. The summed E-state index contributed by atoms with van der Waals surface area (Å²) in [5.74, 6) is 0.551. The number of imidazole rings is 1. The van der Waals surface area contributed by atoms with Gasteiger partial charge < -0.3 is 15.2 Å². The molecule has 0 spiro atoms. The maximum atomic E-state index is 13.0. The fraction of sp³-hybridized carbons (Fsp3) is 0.333. The van der Waals surface area contributed by atoms with Crippen LogP contribution in [0.3, 0.4) is 0 Å². The molecule has 2 amide bonds. The molecule has 3 heterocycles. The van der Waals surface area contributed by atoms with Crippen molar-refractivity contribution in [2.75, 3.05) is 12.4 Å². The third-order valence-electron chi connectivity index (χ3n) is 5.05. The molecule has 0 radical (unpaired) electrons. The van der Waals surface area contributed by atoms with Crippen LogP contribution in [0.5, 0.6) is 0 Å². The summed E-state index contributed by atoms with van der Waals surface area (Å²) < 4.78 is 2.15. The van der Waals surface area contributed by atoms with Gasteiger partial charge in [0, 0.05) is 37.0 Å². The molecule has 7 heteroatoms. The Labute approximate surface area is 163 Å². The number of pyridine rings is 1. The summed E-state index contributed by atoms with van der Waals surface area (Å²) in [6.07, 6.45) is 4.30. The zero-order chi connectivity index (χ0) is 19.7. The Kier molecular flexibility index (Phi) is 4.81. The molecule has 0 unspecified atom stereocenters. The van der Waals surface area contributed by atoms with Crippen molar-refractivity contribution in [1.29, 1.82) is 0 Å². The average Bonchev–Trinajstić information content (AvgIpc) is 2.87. The van der Waals surface area contributed by atoms with Crippen molar-refractivity contribution in [3.8, 4) is 0 Å². The molecule has 2 N–H and O–H groups in total. The van der Waals surface area contributed by atoms with Crippen molar-refractivity contribution in [1.82, 2.24) is 19.9 Å². The molecule has 0 saturated heterocycles. The Hall–Kier alpha value is -3.22. The number of nitrogens with zero attached hydrogens (tertiary/aromatic N) is 3. The van der Waals surface area contributed by atoms with Gasteiger partial charge in [-0.1, -0.05) is 12.5 Å². The van der Waals surface area contributed by atoms with Gasteiger partial charge in [-0.25, -0.2) is 9.97 Å². The minimum atomic E-state index is -0.252. The SMILES string of the molecule is CNC(=O)c1cccc(NC(=O)c2cc(C)nc3c2nc2n3CCCCC2)c1. The molecular formula is C21H23N5O2. The fourth-order valence-electron chi connectivity index (χ4n) is 3.67.